The van der Waals surface area contributed by atoms with E-state index in [4.69, 9.17) is 16.6 Å². The van der Waals surface area contributed by atoms with Gasteiger partial charge < -0.3 is 5.32 Å². The van der Waals surface area contributed by atoms with Crippen LogP contribution in [0, 0.1) is 0 Å². The molecule has 1 aliphatic heterocycles. The molecule has 2 heterocycles. The van der Waals surface area contributed by atoms with E-state index in [0.717, 1.165) is 21.8 Å². The number of thiazole rings is 1. The van der Waals surface area contributed by atoms with Crippen LogP contribution in [0.2, 0.25) is 5.02 Å². The summed E-state index contributed by atoms with van der Waals surface area (Å²) >= 11 is 7.93. The lowest BCUT2D eigenvalue weighted by atomic mass is 10.1. The Balaban J connectivity index is 1.96. The molecule has 3 rings (SSSR count). The zero-order chi connectivity index (χ0) is 11.7. The van der Waals surface area contributed by atoms with Crippen molar-refractivity contribution in [3.05, 3.63) is 28.2 Å². The quantitative estimate of drug-likeness (QED) is 0.839. The van der Waals surface area contributed by atoms with E-state index in [2.05, 4.69) is 5.32 Å². The maximum absolute atomic E-state index is 6.19. The van der Waals surface area contributed by atoms with Crippen molar-refractivity contribution in [2.75, 3.05) is 6.54 Å². The summed E-state index contributed by atoms with van der Waals surface area (Å²) < 4.78 is 1.12. The predicted molar refractivity (Wildman–Crippen MR) is 73.8 cm³/mol. The van der Waals surface area contributed by atoms with Crippen molar-refractivity contribution >= 4 is 33.2 Å². The summed E-state index contributed by atoms with van der Waals surface area (Å²) in [7, 11) is 0. The van der Waals surface area contributed by atoms with Crippen LogP contribution >= 0.6 is 22.9 Å². The van der Waals surface area contributed by atoms with E-state index in [-0.39, 0.29) is 0 Å². The fourth-order valence-electron chi connectivity index (χ4n) is 2.32. The van der Waals surface area contributed by atoms with E-state index in [1.165, 1.54) is 30.7 Å². The molecular weight excluding hydrogens is 252 g/mol. The summed E-state index contributed by atoms with van der Waals surface area (Å²) in [5.41, 5.74) is 1.03. The molecule has 1 fully saturated rings. The third kappa shape index (κ3) is 2.32. The van der Waals surface area contributed by atoms with E-state index in [0.29, 0.717) is 6.04 Å². The molecule has 4 heteroatoms. The number of benzene rings is 1. The number of rotatable bonds is 1. The summed E-state index contributed by atoms with van der Waals surface area (Å²) in [4.78, 5) is 4.71. The van der Waals surface area contributed by atoms with Gasteiger partial charge in [0.2, 0.25) is 0 Å². The summed E-state index contributed by atoms with van der Waals surface area (Å²) in [6.45, 7) is 1.11. The lowest BCUT2D eigenvalue weighted by molar-refractivity contribution is 0.533. The van der Waals surface area contributed by atoms with Gasteiger partial charge in [-0.25, -0.2) is 4.98 Å². The van der Waals surface area contributed by atoms with Crippen LogP contribution in [-0.2, 0) is 0 Å². The molecule has 0 saturated carbocycles. The summed E-state index contributed by atoms with van der Waals surface area (Å²) in [6, 6.07) is 6.37. The summed E-state index contributed by atoms with van der Waals surface area (Å²) in [5, 5.41) is 5.59. The maximum Gasteiger partial charge on any atom is 0.111 e. The number of aromatic nitrogens is 1. The van der Waals surface area contributed by atoms with Crippen LogP contribution in [-0.4, -0.2) is 11.5 Å². The molecule has 0 radical (unpaired) electrons. The maximum atomic E-state index is 6.19. The van der Waals surface area contributed by atoms with Crippen molar-refractivity contribution in [2.45, 2.75) is 31.7 Å². The van der Waals surface area contributed by atoms with E-state index in [9.17, 15) is 0 Å². The van der Waals surface area contributed by atoms with Gasteiger partial charge in [0, 0.05) is 0 Å². The second-order valence-electron chi connectivity index (χ2n) is 4.50. The monoisotopic (exact) mass is 266 g/mol. The van der Waals surface area contributed by atoms with Crippen molar-refractivity contribution in [3.63, 3.8) is 0 Å². The molecule has 0 amide bonds. The average molecular weight is 267 g/mol. The zero-order valence-electron chi connectivity index (χ0n) is 9.58. The van der Waals surface area contributed by atoms with Crippen molar-refractivity contribution in [1.29, 1.82) is 0 Å². The summed E-state index contributed by atoms with van der Waals surface area (Å²) in [6.07, 6.45) is 5.09. The molecule has 1 aromatic heterocycles. The van der Waals surface area contributed by atoms with Gasteiger partial charge in [-0.3, -0.25) is 0 Å². The molecule has 1 aromatic carbocycles. The number of hydrogen-bond acceptors (Lipinski definition) is 3. The highest BCUT2D eigenvalue weighted by molar-refractivity contribution is 7.19. The lowest BCUT2D eigenvalue weighted by Crippen LogP contribution is -2.19. The second-order valence-corrected chi connectivity index (χ2v) is 5.93. The molecule has 1 unspecified atom stereocenters. The number of fused-ring (bicyclic) bond motifs is 1. The Hall–Kier alpha value is -0.640. The van der Waals surface area contributed by atoms with Gasteiger partial charge in [0.15, 0.2) is 0 Å². The lowest BCUT2D eigenvalue weighted by Gasteiger charge is -2.11. The molecule has 1 saturated heterocycles. The van der Waals surface area contributed by atoms with Crippen molar-refractivity contribution < 1.29 is 0 Å². The topological polar surface area (TPSA) is 24.9 Å². The van der Waals surface area contributed by atoms with E-state index in [1.807, 2.05) is 18.2 Å². The molecule has 2 nitrogen and oxygen atoms in total. The Labute approximate surface area is 110 Å². The van der Waals surface area contributed by atoms with E-state index in [1.54, 1.807) is 11.3 Å². The zero-order valence-corrected chi connectivity index (χ0v) is 11.2. The van der Waals surface area contributed by atoms with Gasteiger partial charge in [-0.2, -0.15) is 0 Å². The van der Waals surface area contributed by atoms with Crippen LogP contribution < -0.4 is 5.32 Å². The van der Waals surface area contributed by atoms with Crippen LogP contribution in [0.25, 0.3) is 10.2 Å². The normalized spacial score (nSPS) is 21.6. The molecule has 90 valence electrons. The fourth-order valence-corrected chi connectivity index (χ4v) is 3.69. The minimum Gasteiger partial charge on any atom is -0.308 e. The average Bonchev–Trinajstić information content (AvgIpc) is 2.59. The third-order valence-electron chi connectivity index (χ3n) is 3.24. The smallest absolute Gasteiger partial charge is 0.111 e. The van der Waals surface area contributed by atoms with Gasteiger partial charge >= 0.3 is 0 Å². The Morgan fingerprint density at radius 1 is 1.29 bits per heavy atom. The Kier molecular flexibility index (Phi) is 3.32. The minimum absolute atomic E-state index is 0.422. The Bertz CT molecular complexity index is 515. The fraction of sp³-hybridized carbons (Fsp3) is 0.462. The van der Waals surface area contributed by atoms with Gasteiger partial charge in [0.25, 0.3) is 0 Å². The molecular formula is C13H15ClN2S. The van der Waals surface area contributed by atoms with Gasteiger partial charge in [0.1, 0.15) is 5.01 Å². The molecule has 17 heavy (non-hydrogen) atoms. The van der Waals surface area contributed by atoms with Crippen molar-refractivity contribution in [2.24, 2.45) is 0 Å². The Morgan fingerprint density at radius 2 is 2.24 bits per heavy atom. The number of nitrogens with zero attached hydrogens (tertiary/aromatic N) is 1. The number of halogens is 1. The van der Waals surface area contributed by atoms with E-state index < -0.39 is 0 Å². The standard InChI is InChI=1S/C13H15ClN2S/c14-9-5-4-7-10-12(9)17-13(16-10)11-6-2-1-3-8-15-11/h4-5,7,11,15H,1-3,6,8H2. The number of hydrogen-bond donors (Lipinski definition) is 1. The molecule has 1 aliphatic rings. The Morgan fingerprint density at radius 3 is 3.12 bits per heavy atom. The molecule has 2 aromatic rings. The van der Waals surface area contributed by atoms with Gasteiger partial charge in [-0.1, -0.05) is 30.5 Å². The van der Waals surface area contributed by atoms with Gasteiger partial charge in [-0.05, 0) is 31.5 Å². The van der Waals surface area contributed by atoms with Crippen LogP contribution in [0.4, 0.5) is 0 Å². The number of nitrogens with one attached hydrogen (secondary N) is 1. The van der Waals surface area contributed by atoms with Crippen LogP contribution in [0.1, 0.15) is 36.7 Å². The third-order valence-corrected chi connectivity index (χ3v) is 4.89. The van der Waals surface area contributed by atoms with Crippen LogP contribution in [0.3, 0.4) is 0 Å². The molecule has 0 aliphatic carbocycles. The minimum atomic E-state index is 0.422. The first-order valence-corrected chi connectivity index (χ1v) is 7.32. The predicted octanol–water partition coefficient (Wildman–Crippen LogP) is 4.15. The first-order chi connectivity index (χ1) is 8.34. The van der Waals surface area contributed by atoms with Crippen molar-refractivity contribution in [3.8, 4) is 0 Å². The van der Waals surface area contributed by atoms with Crippen molar-refractivity contribution in [1.82, 2.24) is 10.3 Å². The van der Waals surface area contributed by atoms with Gasteiger partial charge in [-0.15, -0.1) is 11.3 Å². The molecule has 0 bridgehead atoms. The summed E-state index contributed by atoms with van der Waals surface area (Å²) in [5.74, 6) is 0. The largest absolute Gasteiger partial charge is 0.308 e. The van der Waals surface area contributed by atoms with E-state index >= 15 is 0 Å². The molecule has 0 spiro atoms. The van der Waals surface area contributed by atoms with Crippen LogP contribution in [0.15, 0.2) is 18.2 Å². The van der Waals surface area contributed by atoms with Crippen LogP contribution in [0.5, 0.6) is 0 Å². The highest BCUT2D eigenvalue weighted by Gasteiger charge is 2.18. The highest BCUT2D eigenvalue weighted by Crippen LogP contribution is 2.33. The second kappa shape index (κ2) is 4.92. The first kappa shape index (κ1) is 11.5. The molecule has 1 atom stereocenters. The SMILES string of the molecule is Clc1cccc2nc(C3CCCCCN3)sc12. The first-order valence-electron chi connectivity index (χ1n) is 6.13. The highest BCUT2D eigenvalue weighted by atomic mass is 35.5. The molecule has 1 N–H and O–H groups in total. The van der Waals surface area contributed by atoms with Gasteiger partial charge in [0.05, 0.1) is 21.3 Å².